The number of nitrogens with zero attached hydrogens (tertiary/aromatic N) is 2. The predicted octanol–water partition coefficient (Wildman–Crippen LogP) is 2.04. The van der Waals surface area contributed by atoms with Gasteiger partial charge in [0, 0.05) is 32.2 Å². The van der Waals surface area contributed by atoms with Crippen LogP contribution < -0.4 is 19.7 Å². The molecule has 1 aromatic carbocycles. The van der Waals surface area contributed by atoms with Crippen LogP contribution in [-0.4, -0.2) is 76.3 Å². The zero-order chi connectivity index (χ0) is 22.8. The van der Waals surface area contributed by atoms with E-state index in [1.807, 2.05) is 12.1 Å². The zero-order valence-corrected chi connectivity index (χ0v) is 20.0. The van der Waals surface area contributed by atoms with Crippen molar-refractivity contribution in [3.05, 3.63) is 18.2 Å². The molecule has 1 aliphatic carbocycles. The number of carbonyl (C=O) groups is 1. The zero-order valence-electron chi connectivity index (χ0n) is 19.2. The summed E-state index contributed by atoms with van der Waals surface area (Å²) >= 11 is 0. The minimum atomic E-state index is -3.01. The molecule has 0 bridgehead atoms. The second-order valence-corrected chi connectivity index (χ2v) is 12.2. The van der Waals surface area contributed by atoms with Gasteiger partial charge in [-0.1, -0.05) is 6.07 Å². The quantitative estimate of drug-likeness (QED) is 0.671. The molecule has 9 heteroatoms. The second-order valence-electron chi connectivity index (χ2n) is 9.95. The molecule has 2 saturated heterocycles. The molecule has 5 rings (SSSR count). The maximum atomic E-state index is 12.4. The number of para-hydroxylation sites is 1. The minimum Gasteiger partial charge on any atom is -0.454 e. The Labute approximate surface area is 196 Å². The molecule has 0 spiro atoms. The van der Waals surface area contributed by atoms with Gasteiger partial charge in [0.25, 0.3) is 0 Å². The van der Waals surface area contributed by atoms with Crippen molar-refractivity contribution in [2.75, 3.05) is 55.9 Å². The molecule has 1 N–H and O–H groups in total. The van der Waals surface area contributed by atoms with Crippen molar-refractivity contribution in [3.63, 3.8) is 0 Å². The van der Waals surface area contributed by atoms with Crippen LogP contribution in [0.25, 0.3) is 0 Å². The Hall–Kier alpha value is -2.00. The van der Waals surface area contributed by atoms with Crippen LogP contribution >= 0.6 is 0 Å². The number of hydrogen-bond acceptors (Lipinski definition) is 7. The van der Waals surface area contributed by atoms with E-state index in [0.717, 1.165) is 75.6 Å². The largest absolute Gasteiger partial charge is 0.454 e. The van der Waals surface area contributed by atoms with E-state index in [1.165, 1.54) is 6.42 Å². The van der Waals surface area contributed by atoms with Gasteiger partial charge in [0.1, 0.15) is 0 Å². The van der Waals surface area contributed by atoms with Gasteiger partial charge in [-0.2, -0.15) is 0 Å². The van der Waals surface area contributed by atoms with Crippen LogP contribution in [0.3, 0.4) is 0 Å². The van der Waals surface area contributed by atoms with E-state index >= 15 is 0 Å². The number of anilines is 1. The third-order valence-electron chi connectivity index (χ3n) is 7.74. The Balaban J connectivity index is 1.01. The molecular weight excluding hydrogens is 442 g/mol. The summed E-state index contributed by atoms with van der Waals surface area (Å²) in [5, 5.41) is 3.12. The van der Waals surface area contributed by atoms with Gasteiger partial charge in [-0.05, 0) is 63.1 Å². The summed E-state index contributed by atoms with van der Waals surface area (Å²) in [7, 11) is -3.01. The Morgan fingerprint density at radius 2 is 1.82 bits per heavy atom. The fraction of sp³-hybridized carbons (Fsp3) is 0.708. The summed E-state index contributed by atoms with van der Waals surface area (Å²) in [5.74, 6) is 2.21. The molecule has 33 heavy (non-hydrogen) atoms. The first-order valence-electron chi connectivity index (χ1n) is 12.3. The molecule has 0 radical (unpaired) electrons. The third kappa shape index (κ3) is 5.40. The monoisotopic (exact) mass is 477 g/mol. The van der Waals surface area contributed by atoms with Crippen molar-refractivity contribution < 1.29 is 22.7 Å². The molecule has 0 aromatic heterocycles. The summed E-state index contributed by atoms with van der Waals surface area (Å²) in [6.07, 6.45) is 5.97. The molecule has 1 saturated carbocycles. The van der Waals surface area contributed by atoms with Crippen molar-refractivity contribution in [1.29, 1.82) is 0 Å². The molecule has 3 aliphatic heterocycles. The SMILES string of the molecule is O=C(N[C@H]1CC[C@H](CCN2CCN(c3cccc4c3OCO4)CC2)CC1)C1CCS(=O)(=O)C1. The number of rotatable bonds is 6. The molecule has 1 atom stereocenters. The van der Waals surface area contributed by atoms with Crippen molar-refractivity contribution in [3.8, 4) is 11.5 Å². The number of carbonyl (C=O) groups excluding carboxylic acids is 1. The Kier molecular flexibility index (Phi) is 6.69. The highest BCUT2D eigenvalue weighted by Gasteiger charge is 2.34. The van der Waals surface area contributed by atoms with Crippen LogP contribution in [0, 0.1) is 11.8 Å². The van der Waals surface area contributed by atoms with Crippen molar-refractivity contribution >= 4 is 21.4 Å². The molecule has 182 valence electrons. The summed E-state index contributed by atoms with van der Waals surface area (Å²) in [4.78, 5) is 17.4. The lowest BCUT2D eigenvalue weighted by atomic mass is 9.83. The average molecular weight is 478 g/mol. The van der Waals surface area contributed by atoms with Crippen LogP contribution in [0.5, 0.6) is 11.5 Å². The molecule has 4 aliphatic rings. The summed E-state index contributed by atoms with van der Waals surface area (Å²) in [5.41, 5.74) is 1.14. The highest BCUT2D eigenvalue weighted by Crippen LogP contribution is 2.41. The summed E-state index contributed by atoms with van der Waals surface area (Å²) in [6.45, 7) is 5.54. The first-order valence-corrected chi connectivity index (χ1v) is 14.2. The number of ether oxygens (including phenoxy) is 2. The van der Waals surface area contributed by atoms with Crippen LogP contribution in [0.2, 0.25) is 0 Å². The molecule has 3 fully saturated rings. The van der Waals surface area contributed by atoms with E-state index in [4.69, 9.17) is 9.47 Å². The number of hydrogen-bond donors (Lipinski definition) is 1. The highest BCUT2D eigenvalue weighted by atomic mass is 32.2. The molecule has 1 amide bonds. The minimum absolute atomic E-state index is 0.0228. The highest BCUT2D eigenvalue weighted by molar-refractivity contribution is 7.91. The van der Waals surface area contributed by atoms with E-state index in [2.05, 4.69) is 21.2 Å². The second kappa shape index (κ2) is 9.70. The number of amides is 1. The fourth-order valence-corrected chi connectivity index (χ4v) is 7.40. The first-order chi connectivity index (χ1) is 16.0. The molecular formula is C24H35N3O5S. The van der Waals surface area contributed by atoms with E-state index in [1.54, 1.807) is 0 Å². The normalized spacial score (nSPS) is 29.2. The topological polar surface area (TPSA) is 88.2 Å². The standard InChI is InChI=1S/C24H35N3O5S/c28-24(19-9-15-33(29,30)16-19)25-20-6-4-18(5-7-20)8-10-26-11-13-27(14-12-26)21-2-1-3-22-23(21)32-17-31-22/h1-3,18-20H,4-17H2,(H,25,28)/t18-,19?,20-. The fourth-order valence-electron chi connectivity index (χ4n) is 5.66. The first kappa shape index (κ1) is 22.8. The van der Waals surface area contributed by atoms with Crippen molar-refractivity contribution in [1.82, 2.24) is 10.2 Å². The molecule has 1 unspecified atom stereocenters. The van der Waals surface area contributed by atoms with Crippen LogP contribution in [0.4, 0.5) is 5.69 Å². The van der Waals surface area contributed by atoms with Gasteiger partial charge in [-0.3, -0.25) is 9.69 Å². The lowest BCUT2D eigenvalue weighted by Crippen LogP contribution is -2.47. The van der Waals surface area contributed by atoms with Gasteiger partial charge in [0.2, 0.25) is 12.7 Å². The summed E-state index contributed by atoms with van der Waals surface area (Å²) in [6, 6.07) is 6.32. The maximum Gasteiger partial charge on any atom is 0.231 e. The maximum absolute atomic E-state index is 12.4. The Morgan fingerprint density at radius 3 is 2.55 bits per heavy atom. The molecule has 3 heterocycles. The molecule has 8 nitrogen and oxygen atoms in total. The number of sulfone groups is 1. The number of benzene rings is 1. The van der Waals surface area contributed by atoms with E-state index in [9.17, 15) is 13.2 Å². The smallest absolute Gasteiger partial charge is 0.231 e. The Morgan fingerprint density at radius 1 is 1.03 bits per heavy atom. The Bertz CT molecular complexity index is 953. The van der Waals surface area contributed by atoms with E-state index in [-0.39, 0.29) is 29.4 Å². The number of piperazine rings is 1. The predicted molar refractivity (Wildman–Crippen MR) is 126 cm³/mol. The number of nitrogens with one attached hydrogen (secondary N) is 1. The average Bonchev–Trinajstić information content (AvgIpc) is 3.45. The van der Waals surface area contributed by atoms with Gasteiger partial charge in [0.05, 0.1) is 23.1 Å². The van der Waals surface area contributed by atoms with Gasteiger partial charge in [-0.15, -0.1) is 0 Å². The third-order valence-corrected chi connectivity index (χ3v) is 9.51. The van der Waals surface area contributed by atoms with Crippen LogP contribution in [-0.2, 0) is 14.6 Å². The van der Waals surface area contributed by atoms with E-state index in [0.29, 0.717) is 19.1 Å². The van der Waals surface area contributed by atoms with Gasteiger partial charge < -0.3 is 19.7 Å². The lowest BCUT2D eigenvalue weighted by molar-refractivity contribution is -0.125. The van der Waals surface area contributed by atoms with Crippen LogP contribution in [0.1, 0.15) is 38.5 Å². The van der Waals surface area contributed by atoms with Crippen molar-refractivity contribution in [2.24, 2.45) is 11.8 Å². The van der Waals surface area contributed by atoms with Crippen LogP contribution in [0.15, 0.2) is 18.2 Å². The van der Waals surface area contributed by atoms with Gasteiger partial charge in [-0.25, -0.2) is 8.42 Å². The lowest BCUT2D eigenvalue weighted by Gasteiger charge is -2.37. The van der Waals surface area contributed by atoms with E-state index < -0.39 is 9.84 Å². The van der Waals surface area contributed by atoms with Gasteiger partial charge in [0.15, 0.2) is 21.3 Å². The summed E-state index contributed by atoms with van der Waals surface area (Å²) < 4.78 is 34.4. The van der Waals surface area contributed by atoms with Gasteiger partial charge >= 0.3 is 0 Å². The molecule has 1 aromatic rings. The number of fused-ring (bicyclic) bond motifs is 1. The van der Waals surface area contributed by atoms with Crippen molar-refractivity contribution in [2.45, 2.75) is 44.6 Å².